The highest BCUT2D eigenvalue weighted by atomic mass is 16.5. The van der Waals surface area contributed by atoms with Gasteiger partial charge in [0.1, 0.15) is 11.5 Å². The van der Waals surface area contributed by atoms with Crippen molar-refractivity contribution in [2.75, 3.05) is 38.6 Å². The first-order valence-corrected chi connectivity index (χ1v) is 8.60. The topological polar surface area (TPSA) is 58.0 Å². The summed E-state index contributed by atoms with van der Waals surface area (Å²) >= 11 is 0. The third-order valence-electron chi connectivity index (χ3n) is 4.66. The summed E-state index contributed by atoms with van der Waals surface area (Å²) in [6.07, 6.45) is 1.70. The van der Waals surface area contributed by atoms with Crippen molar-refractivity contribution in [3.05, 3.63) is 48.4 Å². The molecule has 0 spiro atoms. The van der Waals surface area contributed by atoms with Crippen molar-refractivity contribution in [1.29, 1.82) is 0 Å². The van der Waals surface area contributed by atoms with Crippen molar-refractivity contribution >= 4 is 11.6 Å². The Bertz CT molecular complexity index is 679. The van der Waals surface area contributed by atoms with Crippen molar-refractivity contribution in [3.8, 4) is 5.75 Å². The van der Waals surface area contributed by atoms with Crippen LogP contribution < -0.4 is 10.1 Å². The van der Waals surface area contributed by atoms with Gasteiger partial charge in [0.25, 0.3) is 0 Å². The van der Waals surface area contributed by atoms with Crippen LogP contribution in [0.1, 0.15) is 12.7 Å². The second-order valence-electron chi connectivity index (χ2n) is 6.26. The first kappa shape index (κ1) is 17.5. The Kier molecular flexibility index (Phi) is 5.73. The molecule has 0 aliphatic carbocycles. The van der Waals surface area contributed by atoms with E-state index in [2.05, 4.69) is 15.1 Å². The van der Waals surface area contributed by atoms with Gasteiger partial charge in [0.05, 0.1) is 31.6 Å². The van der Waals surface area contributed by atoms with E-state index in [4.69, 9.17) is 9.15 Å². The Labute approximate surface area is 148 Å². The average molecular weight is 343 g/mol. The van der Waals surface area contributed by atoms with E-state index < -0.39 is 0 Å². The zero-order valence-corrected chi connectivity index (χ0v) is 14.8. The van der Waals surface area contributed by atoms with E-state index in [0.717, 1.165) is 38.5 Å². The van der Waals surface area contributed by atoms with Crippen molar-refractivity contribution in [2.24, 2.45) is 0 Å². The molecule has 0 saturated carbocycles. The molecule has 1 fully saturated rings. The predicted molar refractivity (Wildman–Crippen MR) is 96.6 cm³/mol. The highest BCUT2D eigenvalue weighted by Crippen LogP contribution is 2.23. The summed E-state index contributed by atoms with van der Waals surface area (Å²) < 4.78 is 10.7. The number of piperazine rings is 1. The highest BCUT2D eigenvalue weighted by Gasteiger charge is 2.26. The normalized spacial score (nSPS) is 17.2. The lowest BCUT2D eigenvalue weighted by Crippen LogP contribution is -2.52. The van der Waals surface area contributed by atoms with Crippen molar-refractivity contribution < 1.29 is 13.9 Å². The van der Waals surface area contributed by atoms with Gasteiger partial charge in [-0.15, -0.1) is 0 Å². The number of benzene rings is 1. The summed E-state index contributed by atoms with van der Waals surface area (Å²) in [5.74, 6) is 1.64. The molecule has 0 bridgehead atoms. The monoisotopic (exact) mass is 343 g/mol. The predicted octanol–water partition coefficient (Wildman–Crippen LogP) is 2.43. The standard InChI is InChI=1S/C19H25N3O3/c1-15(19(23)20-17-7-3-4-8-18(17)24-2)22-11-9-21(10-12-22)14-16-6-5-13-25-16/h3-8,13,15H,9-12,14H2,1-2H3,(H,20,23)/t15-/m1/s1. The largest absolute Gasteiger partial charge is 0.495 e. The molecule has 1 atom stereocenters. The van der Waals surface area contributed by atoms with Crippen LogP contribution in [0.5, 0.6) is 5.75 Å². The number of para-hydroxylation sites is 2. The van der Waals surface area contributed by atoms with Crippen LogP contribution in [0, 0.1) is 0 Å². The van der Waals surface area contributed by atoms with E-state index in [1.54, 1.807) is 13.4 Å². The fraction of sp³-hybridized carbons (Fsp3) is 0.421. The number of rotatable bonds is 6. The summed E-state index contributed by atoms with van der Waals surface area (Å²) in [6, 6.07) is 11.2. The van der Waals surface area contributed by atoms with E-state index in [1.165, 1.54) is 0 Å². The first-order valence-electron chi connectivity index (χ1n) is 8.60. The Balaban J connectivity index is 1.51. The van der Waals surface area contributed by atoms with Gasteiger partial charge in [0.2, 0.25) is 5.91 Å². The minimum atomic E-state index is -0.185. The number of carbonyl (C=O) groups excluding carboxylic acids is 1. The molecule has 1 aromatic heterocycles. The zero-order valence-electron chi connectivity index (χ0n) is 14.8. The summed E-state index contributed by atoms with van der Waals surface area (Å²) in [4.78, 5) is 17.1. The number of nitrogens with one attached hydrogen (secondary N) is 1. The number of hydrogen-bond donors (Lipinski definition) is 1. The van der Waals surface area contributed by atoms with Crippen LogP contribution in [-0.4, -0.2) is 55.0 Å². The van der Waals surface area contributed by atoms with Crippen molar-refractivity contribution in [2.45, 2.75) is 19.5 Å². The van der Waals surface area contributed by atoms with Gasteiger partial charge in [-0.25, -0.2) is 0 Å². The second-order valence-corrected chi connectivity index (χ2v) is 6.26. The maximum atomic E-state index is 12.6. The fourth-order valence-electron chi connectivity index (χ4n) is 3.08. The molecule has 0 radical (unpaired) electrons. The molecule has 0 unspecified atom stereocenters. The molecule has 25 heavy (non-hydrogen) atoms. The van der Waals surface area contributed by atoms with Crippen molar-refractivity contribution in [3.63, 3.8) is 0 Å². The number of anilines is 1. The van der Waals surface area contributed by atoms with E-state index in [0.29, 0.717) is 11.4 Å². The van der Waals surface area contributed by atoms with Gasteiger partial charge in [-0.05, 0) is 31.2 Å². The number of carbonyl (C=O) groups is 1. The third kappa shape index (κ3) is 4.41. The fourth-order valence-corrected chi connectivity index (χ4v) is 3.08. The van der Waals surface area contributed by atoms with E-state index in [1.807, 2.05) is 43.3 Å². The molecule has 1 aliphatic rings. The molecule has 1 aliphatic heterocycles. The maximum absolute atomic E-state index is 12.6. The lowest BCUT2D eigenvalue weighted by molar-refractivity contribution is -0.121. The van der Waals surface area contributed by atoms with Gasteiger partial charge in [-0.3, -0.25) is 14.6 Å². The molecule has 1 N–H and O–H groups in total. The van der Waals surface area contributed by atoms with Crippen LogP contribution in [0.25, 0.3) is 0 Å². The third-order valence-corrected chi connectivity index (χ3v) is 4.66. The summed E-state index contributed by atoms with van der Waals surface area (Å²) in [5, 5.41) is 2.97. The minimum Gasteiger partial charge on any atom is -0.495 e. The van der Waals surface area contributed by atoms with Gasteiger partial charge in [0.15, 0.2) is 0 Å². The number of methoxy groups -OCH3 is 1. The Morgan fingerprint density at radius 1 is 1.20 bits per heavy atom. The lowest BCUT2D eigenvalue weighted by atomic mass is 10.2. The zero-order chi connectivity index (χ0) is 17.6. The molecule has 2 aromatic rings. The molecule has 134 valence electrons. The van der Waals surface area contributed by atoms with Crippen LogP contribution in [0.3, 0.4) is 0 Å². The smallest absolute Gasteiger partial charge is 0.241 e. The van der Waals surface area contributed by atoms with Crippen LogP contribution in [-0.2, 0) is 11.3 Å². The molecular weight excluding hydrogens is 318 g/mol. The SMILES string of the molecule is COc1ccccc1NC(=O)[C@@H](C)N1CCN(Cc2ccco2)CC1. The van der Waals surface area contributed by atoms with Crippen LogP contribution in [0.4, 0.5) is 5.69 Å². The van der Waals surface area contributed by atoms with Crippen LogP contribution >= 0.6 is 0 Å². The molecule has 1 aromatic carbocycles. The number of ether oxygens (including phenoxy) is 1. The van der Waals surface area contributed by atoms with Crippen LogP contribution in [0.2, 0.25) is 0 Å². The van der Waals surface area contributed by atoms with Crippen molar-refractivity contribution in [1.82, 2.24) is 9.80 Å². The molecule has 1 amide bonds. The van der Waals surface area contributed by atoms with Crippen LogP contribution in [0.15, 0.2) is 47.1 Å². The summed E-state index contributed by atoms with van der Waals surface area (Å²) in [5.41, 5.74) is 0.707. The number of nitrogens with zero attached hydrogens (tertiary/aromatic N) is 2. The van der Waals surface area contributed by atoms with Gasteiger partial charge in [-0.1, -0.05) is 12.1 Å². The minimum absolute atomic E-state index is 0.0102. The van der Waals surface area contributed by atoms with Gasteiger partial charge in [-0.2, -0.15) is 0 Å². The number of hydrogen-bond acceptors (Lipinski definition) is 5. The Morgan fingerprint density at radius 2 is 1.96 bits per heavy atom. The molecule has 1 saturated heterocycles. The van der Waals surface area contributed by atoms with Gasteiger partial charge in [0, 0.05) is 26.2 Å². The van der Waals surface area contributed by atoms with Gasteiger partial charge < -0.3 is 14.5 Å². The lowest BCUT2D eigenvalue weighted by Gasteiger charge is -2.37. The first-order chi connectivity index (χ1) is 12.2. The summed E-state index contributed by atoms with van der Waals surface area (Å²) in [6.45, 7) is 6.35. The van der Waals surface area contributed by atoms with E-state index >= 15 is 0 Å². The molecule has 6 nitrogen and oxygen atoms in total. The average Bonchev–Trinajstić information content (AvgIpc) is 3.15. The Hall–Kier alpha value is -2.31. The Morgan fingerprint density at radius 3 is 2.64 bits per heavy atom. The maximum Gasteiger partial charge on any atom is 0.241 e. The second kappa shape index (κ2) is 8.18. The molecular formula is C19H25N3O3. The molecule has 3 rings (SSSR count). The quantitative estimate of drug-likeness (QED) is 0.873. The molecule has 2 heterocycles. The highest BCUT2D eigenvalue weighted by molar-refractivity contribution is 5.95. The number of furan rings is 1. The van der Waals surface area contributed by atoms with E-state index in [-0.39, 0.29) is 11.9 Å². The molecule has 6 heteroatoms. The van der Waals surface area contributed by atoms with Gasteiger partial charge >= 0.3 is 0 Å². The summed E-state index contributed by atoms with van der Waals surface area (Å²) in [7, 11) is 1.60. The van der Waals surface area contributed by atoms with E-state index in [9.17, 15) is 4.79 Å². The number of amides is 1.